The number of benzene rings is 1. The fraction of sp³-hybridized carbons (Fsp3) is 0.455. The molecule has 5 N–H and O–H groups in total. The Morgan fingerprint density at radius 1 is 1.19 bits per heavy atom. The number of primary amides is 1. The minimum Gasteiger partial charge on any atom is -0.395 e. The first-order valence-electron chi connectivity index (χ1n) is 10.5. The van der Waals surface area contributed by atoms with Gasteiger partial charge in [0, 0.05) is 11.7 Å². The maximum Gasteiger partial charge on any atom is 0.272 e. The van der Waals surface area contributed by atoms with Crippen LogP contribution >= 0.6 is 11.5 Å². The number of hydrogen-bond donors (Lipinski definition) is 3. The van der Waals surface area contributed by atoms with Crippen molar-refractivity contribution in [2.75, 3.05) is 10.6 Å². The molecule has 3 amide bonds. The number of anilines is 2. The highest BCUT2D eigenvalue weighted by Crippen LogP contribution is 2.30. The number of hydrogen-bond acceptors (Lipinski definition) is 6. The van der Waals surface area contributed by atoms with Crippen LogP contribution in [-0.2, 0) is 4.79 Å². The number of nitrogens with zero attached hydrogens (tertiary/aromatic N) is 2. The molecule has 1 aliphatic rings. The van der Waals surface area contributed by atoms with E-state index >= 15 is 0 Å². The van der Waals surface area contributed by atoms with Gasteiger partial charge >= 0.3 is 0 Å². The van der Waals surface area contributed by atoms with Gasteiger partial charge < -0.3 is 16.8 Å². The van der Waals surface area contributed by atoms with Gasteiger partial charge in [0.25, 0.3) is 11.8 Å². The number of carbonyl (C=O) groups is 3. The van der Waals surface area contributed by atoms with Crippen LogP contribution in [0.25, 0.3) is 0 Å². The fourth-order valence-corrected chi connectivity index (χ4v) is 4.64. The van der Waals surface area contributed by atoms with Gasteiger partial charge in [-0.05, 0) is 62.3 Å². The van der Waals surface area contributed by atoms with Gasteiger partial charge in [-0.1, -0.05) is 31.4 Å². The molecule has 0 bridgehead atoms. The van der Waals surface area contributed by atoms with Crippen molar-refractivity contribution in [3.8, 4) is 0 Å². The van der Waals surface area contributed by atoms with Crippen LogP contribution in [0.4, 0.5) is 11.4 Å². The molecule has 166 valence electrons. The average Bonchev–Trinajstić information content (AvgIpc) is 3.13. The van der Waals surface area contributed by atoms with Crippen molar-refractivity contribution in [3.05, 3.63) is 39.9 Å². The Kier molecular flexibility index (Phi) is 6.94. The van der Waals surface area contributed by atoms with Crippen LogP contribution in [-0.4, -0.2) is 34.2 Å². The summed E-state index contributed by atoms with van der Waals surface area (Å²) in [6, 6.07) is 5.05. The molecule has 0 spiro atoms. The van der Waals surface area contributed by atoms with Gasteiger partial charge in [0.15, 0.2) is 5.69 Å². The van der Waals surface area contributed by atoms with Crippen molar-refractivity contribution >= 4 is 40.6 Å². The van der Waals surface area contributed by atoms with Crippen molar-refractivity contribution in [1.82, 2.24) is 9.69 Å². The SMILES string of the molecule is Cc1ccc(C)c(N(C(=O)c2snc(C(N)=O)c2N)C(C)C(=O)NC2CCCCC2)c1. The number of aryl methyl sites for hydroxylation is 2. The van der Waals surface area contributed by atoms with E-state index in [1.165, 1.54) is 11.3 Å². The summed E-state index contributed by atoms with van der Waals surface area (Å²) in [6.45, 7) is 5.50. The minimum atomic E-state index is -0.797. The molecule has 8 nitrogen and oxygen atoms in total. The Balaban J connectivity index is 1.98. The lowest BCUT2D eigenvalue weighted by Crippen LogP contribution is -2.51. The molecule has 1 aromatic heterocycles. The van der Waals surface area contributed by atoms with Crippen LogP contribution in [0.1, 0.15) is 70.3 Å². The third-order valence-electron chi connectivity index (χ3n) is 5.72. The number of amides is 3. The average molecular weight is 444 g/mol. The zero-order valence-electron chi connectivity index (χ0n) is 18.1. The second-order valence-corrected chi connectivity index (χ2v) is 8.90. The Morgan fingerprint density at radius 2 is 1.87 bits per heavy atom. The predicted octanol–water partition coefficient (Wildman–Crippen LogP) is 2.93. The zero-order chi connectivity index (χ0) is 22.7. The smallest absolute Gasteiger partial charge is 0.272 e. The predicted molar refractivity (Wildman–Crippen MR) is 122 cm³/mol. The van der Waals surface area contributed by atoms with Crippen molar-refractivity contribution in [3.63, 3.8) is 0 Å². The largest absolute Gasteiger partial charge is 0.395 e. The Morgan fingerprint density at radius 3 is 2.48 bits per heavy atom. The summed E-state index contributed by atoms with van der Waals surface area (Å²) < 4.78 is 3.94. The van der Waals surface area contributed by atoms with Gasteiger partial charge in [-0.15, -0.1) is 0 Å². The number of nitrogen functional groups attached to an aromatic ring is 1. The first kappa shape index (κ1) is 22.7. The molecule has 31 heavy (non-hydrogen) atoms. The van der Waals surface area contributed by atoms with Gasteiger partial charge in [-0.2, -0.15) is 4.37 Å². The number of nitrogens with two attached hydrogens (primary N) is 2. The lowest BCUT2D eigenvalue weighted by Gasteiger charge is -2.32. The molecule has 1 fully saturated rings. The van der Waals surface area contributed by atoms with Crippen LogP contribution in [0, 0.1) is 13.8 Å². The summed E-state index contributed by atoms with van der Waals surface area (Å²) in [6.07, 6.45) is 5.25. The monoisotopic (exact) mass is 443 g/mol. The van der Waals surface area contributed by atoms with E-state index in [2.05, 4.69) is 9.69 Å². The van der Waals surface area contributed by atoms with Gasteiger partial charge in [0.1, 0.15) is 10.9 Å². The van der Waals surface area contributed by atoms with Crippen LogP contribution in [0.2, 0.25) is 0 Å². The summed E-state index contributed by atoms with van der Waals surface area (Å²) in [5, 5.41) is 3.10. The van der Waals surface area contributed by atoms with E-state index in [0.29, 0.717) is 5.69 Å². The number of nitrogens with one attached hydrogen (secondary N) is 1. The van der Waals surface area contributed by atoms with E-state index in [9.17, 15) is 14.4 Å². The zero-order valence-corrected chi connectivity index (χ0v) is 18.9. The Hall–Kier alpha value is -2.94. The van der Waals surface area contributed by atoms with Crippen molar-refractivity contribution in [2.45, 2.75) is 65.0 Å². The summed E-state index contributed by atoms with van der Waals surface area (Å²) in [5.74, 6) is -1.50. The molecular weight excluding hydrogens is 414 g/mol. The normalized spacial score (nSPS) is 15.3. The topological polar surface area (TPSA) is 131 Å². The lowest BCUT2D eigenvalue weighted by molar-refractivity contribution is -0.122. The molecule has 1 heterocycles. The van der Waals surface area contributed by atoms with E-state index < -0.39 is 17.9 Å². The van der Waals surface area contributed by atoms with E-state index in [1.54, 1.807) is 6.92 Å². The molecule has 0 aliphatic heterocycles. The van der Waals surface area contributed by atoms with E-state index in [1.807, 2.05) is 32.0 Å². The standard InChI is InChI=1S/C22H29N5O3S/c1-12-9-10-13(2)16(11-12)27(14(3)21(29)25-15-7-5-4-6-8-15)22(30)19-17(23)18(20(24)28)26-31-19/h9-11,14-15H,4-8,23H2,1-3H3,(H2,24,28)(H,25,29). The van der Waals surface area contributed by atoms with E-state index in [0.717, 1.165) is 48.3 Å². The molecule has 0 saturated heterocycles. The third kappa shape index (κ3) is 4.87. The minimum absolute atomic E-state index is 0.0577. The maximum atomic E-state index is 13.6. The molecule has 1 aromatic carbocycles. The summed E-state index contributed by atoms with van der Waals surface area (Å²) >= 11 is 0.812. The summed E-state index contributed by atoms with van der Waals surface area (Å²) in [7, 11) is 0. The first-order valence-corrected chi connectivity index (χ1v) is 11.2. The number of carbonyl (C=O) groups excluding carboxylic acids is 3. The molecule has 9 heteroatoms. The van der Waals surface area contributed by atoms with Gasteiger partial charge in [-0.3, -0.25) is 19.3 Å². The van der Waals surface area contributed by atoms with E-state index in [-0.39, 0.29) is 28.2 Å². The molecular formula is C22H29N5O3S. The first-order chi connectivity index (χ1) is 14.7. The molecule has 2 aromatic rings. The highest BCUT2D eigenvalue weighted by molar-refractivity contribution is 7.09. The van der Waals surface area contributed by atoms with E-state index in [4.69, 9.17) is 11.5 Å². The number of aromatic nitrogens is 1. The quantitative estimate of drug-likeness (QED) is 0.632. The van der Waals surface area contributed by atoms with Crippen LogP contribution in [0.3, 0.4) is 0 Å². The second-order valence-electron chi connectivity index (χ2n) is 8.12. The van der Waals surface area contributed by atoms with Gasteiger partial charge in [-0.25, -0.2) is 0 Å². The van der Waals surface area contributed by atoms with Crippen LogP contribution < -0.4 is 21.7 Å². The third-order valence-corrected chi connectivity index (χ3v) is 6.57. The van der Waals surface area contributed by atoms with Gasteiger partial charge in [0.2, 0.25) is 5.91 Å². The van der Waals surface area contributed by atoms with Crippen LogP contribution in [0.5, 0.6) is 0 Å². The second kappa shape index (κ2) is 9.47. The molecule has 1 unspecified atom stereocenters. The summed E-state index contributed by atoms with van der Waals surface area (Å²) in [4.78, 5) is 39.8. The molecule has 0 radical (unpaired) electrons. The van der Waals surface area contributed by atoms with Crippen LogP contribution in [0.15, 0.2) is 18.2 Å². The molecule has 3 rings (SSSR count). The molecule has 1 aliphatic carbocycles. The highest BCUT2D eigenvalue weighted by Gasteiger charge is 2.33. The molecule has 1 atom stereocenters. The molecule has 1 saturated carbocycles. The Labute approximate surface area is 186 Å². The summed E-state index contributed by atoms with van der Waals surface area (Å²) in [5.41, 5.74) is 13.5. The lowest BCUT2D eigenvalue weighted by atomic mass is 9.95. The van der Waals surface area contributed by atoms with Crippen molar-refractivity contribution < 1.29 is 14.4 Å². The van der Waals surface area contributed by atoms with Gasteiger partial charge in [0.05, 0.1) is 5.69 Å². The highest BCUT2D eigenvalue weighted by atomic mass is 32.1. The maximum absolute atomic E-state index is 13.6. The van der Waals surface area contributed by atoms with Crippen molar-refractivity contribution in [2.24, 2.45) is 5.73 Å². The fourth-order valence-electron chi connectivity index (χ4n) is 3.90. The van der Waals surface area contributed by atoms with Crippen molar-refractivity contribution in [1.29, 1.82) is 0 Å². The number of rotatable bonds is 6. The Bertz CT molecular complexity index is 997.